The Morgan fingerprint density at radius 3 is 2.58 bits per heavy atom. The number of hydrogen-bond acceptors (Lipinski definition) is 4. The van der Waals surface area contributed by atoms with E-state index in [0.29, 0.717) is 22.7 Å². The van der Waals surface area contributed by atoms with Crippen LogP contribution in [0.3, 0.4) is 0 Å². The van der Waals surface area contributed by atoms with Gasteiger partial charge in [0.25, 0.3) is 0 Å². The number of aromatic nitrogens is 2. The maximum atomic E-state index is 12.8. The highest BCUT2D eigenvalue weighted by Crippen LogP contribution is 2.27. The van der Waals surface area contributed by atoms with Crippen LogP contribution in [0.2, 0.25) is 0 Å². The van der Waals surface area contributed by atoms with E-state index in [1.165, 1.54) is 30.6 Å². The zero-order valence-corrected chi connectivity index (χ0v) is 9.88. The fourth-order valence-corrected chi connectivity index (χ4v) is 1.75. The summed E-state index contributed by atoms with van der Waals surface area (Å²) >= 11 is 0. The normalized spacial score (nSPS) is 10.6. The minimum atomic E-state index is -0.316. The van der Waals surface area contributed by atoms with E-state index >= 15 is 0 Å². The topological polar surface area (TPSA) is 61.0 Å². The highest BCUT2D eigenvalue weighted by molar-refractivity contribution is 5.86. The van der Waals surface area contributed by atoms with E-state index in [1.54, 1.807) is 18.2 Å². The molecule has 0 aliphatic rings. The summed E-state index contributed by atoms with van der Waals surface area (Å²) < 4.78 is 18.5. The molecule has 5 heteroatoms. The van der Waals surface area contributed by atoms with Crippen LogP contribution in [0.15, 0.2) is 48.8 Å². The molecule has 3 aromatic rings. The standard InChI is InChI=1S/C14H10FN3O/c15-9-1-4-11(5-2-9)19-14-12-7-10(16)3-6-13(12)17-8-18-14/h1-8H,16H2. The molecule has 1 heterocycles. The van der Waals surface area contributed by atoms with E-state index in [-0.39, 0.29) is 5.82 Å². The van der Waals surface area contributed by atoms with Crippen molar-refractivity contribution < 1.29 is 9.13 Å². The molecule has 0 aliphatic heterocycles. The van der Waals surface area contributed by atoms with Crippen molar-refractivity contribution in [3.8, 4) is 11.6 Å². The van der Waals surface area contributed by atoms with Crippen LogP contribution in [-0.4, -0.2) is 9.97 Å². The van der Waals surface area contributed by atoms with Crippen LogP contribution in [0.1, 0.15) is 0 Å². The zero-order valence-electron chi connectivity index (χ0n) is 9.88. The van der Waals surface area contributed by atoms with Gasteiger partial charge in [-0.2, -0.15) is 0 Å². The van der Waals surface area contributed by atoms with E-state index in [2.05, 4.69) is 9.97 Å². The lowest BCUT2D eigenvalue weighted by atomic mass is 10.2. The number of ether oxygens (including phenoxy) is 1. The molecule has 0 atom stereocenters. The second-order valence-corrected chi connectivity index (χ2v) is 4.01. The van der Waals surface area contributed by atoms with Crippen LogP contribution in [-0.2, 0) is 0 Å². The van der Waals surface area contributed by atoms with Gasteiger partial charge in [-0.3, -0.25) is 0 Å². The Morgan fingerprint density at radius 1 is 1.00 bits per heavy atom. The van der Waals surface area contributed by atoms with Crippen molar-refractivity contribution in [2.24, 2.45) is 0 Å². The van der Waals surface area contributed by atoms with Crippen LogP contribution >= 0.6 is 0 Å². The molecule has 0 unspecified atom stereocenters. The summed E-state index contributed by atoms with van der Waals surface area (Å²) in [6, 6.07) is 11.0. The Labute approximate surface area is 108 Å². The first-order chi connectivity index (χ1) is 9.22. The summed E-state index contributed by atoms with van der Waals surface area (Å²) in [6.45, 7) is 0. The molecule has 0 aliphatic carbocycles. The molecule has 0 spiro atoms. The number of fused-ring (bicyclic) bond motifs is 1. The van der Waals surface area contributed by atoms with Gasteiger partial charge in [0.05, 0.1) is 10.9 Å². The minimum Gasteiger partial charge on any atom is -0.438 e. The van der Waals surface area contributed by atoms with Crippen molar-refractivity contribution >= 4 is 16.6 Å². The molecule has 4 nitrogen and oxygen atoms in total. The molecule has 0 amide bonds. The average molecular weight is 255 g/mol. The molecule has 0 saturated heterocycles. The molecular weight excluding hydrogens is 245 g/mol. The Balaban J connectivity index is 2.05. The summed E-state index contributed by atoms with van der Waals surface area (Å²) in [5, 5.41) is 0.715. The van der Waals surface area contributed by atoms with Crippen molar-refractivity contribution in [1.82, 2.24) is 9.97 Å². The molecule has 0 fully saturated rings. The van der Waals surface area contributed by atoms with Gasteiger partial charge in [-0.1, -0.05) is 0 Å². The van der Waals surface area contributed by atoms with Crippen LogP contribution in [0, 0.1) is 5.82 Å². The van der Waals surface area contributed by atoms with Gasteiger partial charge in [0, 0.05) is 5.69 Å². The number of nitrogens with two attached hydrogens (primary N) is 1. The zero-order chi connectivity index (χ0) is 13.2. The number of nitrogens with zero attached hydrogens (tertiary/aromatic N) is 2. The molecule has 0 bridgehead atoms. The highest BCUT2D eigenvalue weighted by Gasteiger charge is 2.06. The Morgan fingerprint density at radius 2 is 1.79 bits per heavy atom. The maximum absolute atomic E-state index is 12.8. The second kappa shape index (κ2) is 4.53. The monoisotopic (exact) mass is 255 g/mol. The molecular formula is C14H10FN3O. The summed E-state index contributed by atoms with van der Waals surface area (Å²) in [7, 11) is 0. The van der Waals surface area contributed by atoms with Crippen LogP contribution in [0.4, 0.5) is 10.1 Å². The Hall–Kier alpha value is -2.69. The largest absolute Gasteiger partial charge is 0.438 e. The molecule has 0 saturated carbocycles. The third-order valence-corrected chi connectivity index (χ3v) is 2.65. The molecule has 2 aromatic carbocycles. The fourth-order valence-electron chi connectivity index (χ4n) is 1.75. The molecule has 1 aromatic heterocycles. The van der Waals surface area contributed by atoms with E-state index in [4.69, 9.17) is 10.5 Å². The maximum Gasteiger partial charge on any atom is 0.230 e. The van der Waals surface area contributed by atoms with Gasteiger partial charge in [0.2, 0.25) is 5.88 Å². The van der Waals surface area contributed by atoms with E-state index in [9.17, 15) is 4.39 Å². The highest BCUT2D eigenvalue weighted by atomic mass is 19.1. The van der Waals surface area contributed by atoms with Crippen molar-refractivity contribution in [1.29, 1.82) is 0 Å². The number of benzene rings is 2. The first kappa shape index (κ1) is 11.4. The number of nitrogen functional groups attached to an aromatic ring is 1. The van der Waals surface area contributed by atoms with E-state index in [0.717, 1.165) is 5.52 Å². The van der Waals surface area contributed by atoms with Gasteiger partial charge < -0.3 is 10.5 Å². The van der Waals surface area contributed by atoms with Crippen molar-refractivity contribution in [3.63, 3.8) is 0 Å². The summed E-state index contributed by atoms with van der Waals surface area (Å²) in [5.74, 6) is 0.580. The van der Waals surface area contributed by atoms with Crippen molar-refractivity contribution in [2.45, 2.75) is 0 Å². The first-order valence-electron chi connectivity index (χ1n) is 5.66. The van der Waals surface area contributed by atoms with Crippen molar-refractivity contribution in [2.75, 3.05) is 5.73 Å². The summed E-state index contributed by atoms with van der Waals surface area (Å²) in [4.78, 5) is 8.22. The number of anilines is 1. The lowest BCUT2D eigenvalue weighted by Crippen LogP contribution is -1.93. The van der Waals surface area contributed by atoms with Crippen LogP contribution in [0.5, 0.6) is 11.6 Å². The van der Waals surface area contributed by atoms with Gasteiger partial charge in [0.1, 0.15) is 17.9 Å². The fraction of sp³-hybridized carbons (Fsp3) is 0. The predicted molar refractivity (Wildman–Crippen MR) is 70.4 cm³/mol. The van der Waals surface area contributed by atoms with Gasteiger partial charge in [0.15, 0.2) is 0 Å². The molecule has 19 heavy (non-hydrogen) atoms. The summed E-state index contributed by atoms with van der Waals surface area (Å²) in [5.41, 5.74) is 7.09. The first-order valence-corrected chi connectivity index (χ1v) is 5.66. The van der Waals surface area contributed by atoms with Gasteiger partial charge >= 0.3 is 0 Å². The van der Waals surface area contributed by atoms with Gasteiger partial charge in [-0.25, -0.2) is 14.4 Å². The van der Waals surface area contributed by atoms with Crippen molar-refractivity contribution in [3.05, 3.63) is 54.6 Å². The lowest BCUT2D eigenvalue weighted by Gasteiger charge is -2.07. The van der Waals surface area contributed by atoms with E-state index < -0.39 is 0 Å². The van der Waals surface area contributed by atoms with Gasteiger partial charge in [-0.15, -0.1) is 0 Å². The molecule has 94 valence electrons. The molecule has 0 radical (unpaired) electrons. The predicted octanol–water partition coefficient (Wildman–Crippen LogP) is 3.14. The SMILES string of the molecule is Nc1ccc2ncnc(Oc3ccc(F)cc3)c2c1. The number of rotatable bonds is 2. The van der Waals surface area contributed by atoms with Crippen LogP contribution in [0.25, 0.3) is 10.9 Å². The quantitative estimate of drug-likeness (QED) is 0.714. The smallest absolute Gasteiger partial charge is 0.230 e. The number of halogens is 1. The minimum absolute atomic E-state index is 0.316. The molecule has 2 N–H and O–H groups in total. The average Bonchev–Trinajstić information content (AvgIpc) is 2.42. The lowest BCUT2D eigenvalue weighted by molar-refractivity contribution is 0.466. The molecule has 3 rings (SSSR count). The Kier molecular flexibility index (Phi) is 2.72. The Bertz CT molecular complexity index is 728. The summed E-state index contributed by atoms with van der Waals surface area (Å²) in [6.07, 6.45) is 1.41. The third-order valence-electron chi connectivity index (χ3n) is 2.65. The van der Waals surface area contributed by atoms with E-state index in [1.807, 2.05) is 0 Å². The van der Waals surface area contributed by atoms with Gasteiger partial charge in [-0.05, 0) is 42.5 Å². The second-order valence-electron chi connectivity index (χ2n) is 4.01. The third kappa shape index (κ3) is 2.30. The number of hydrogen-bond donors (Lipinski definition) is 1. The van der Waals surface area contributed by atoms with Crippen LogP contribution < -0.4 is 10.5 Å².